The van der Waals surface area contributed by atoms with E-state index < -0.39 is 12.0 Å². The predicted molar refractivity (Wildman–Crippen MR) is 109 cm³/mol. The summed E-state index contributed by atoms with van der Waals surface area (Å²) in [7, 11) is 1.67. The van der Waals surface area contributed by atoms with Gasteiger partial charge >= 0.3 is 5.97 Å². The van der Waals surface area contributed by atoms with E-state index in [1.165, 1.54) is 10.1 Å². The summed E-state index contributed by atoms with van der Waals surface area (Å²) >= 11 is 1.74. The molecule has 1 aliphatic rings. The molecular formula is C22H23NO3S. The van der Waals surface area contributed by atoms with Crippen molar-refractivity contribution in [1.82, 2.24) is 4.90 Å². The molecule has 0 bridgehead atoms. The Hall–Kier alpha value is -2.37. The van der Waals surface area contributed by atoms with E-state index in [-0.39, 0.29) is 6.04 Å². The number of carbonyl (C=O) groups is 1. The number of para-hydroxylation sites is 1. The lowest BCUT2D eigenvalue weighted by molar-refractivity contribution is -0.145. The lowest BCUT2D eigenvalue weighted by atomic mass is 9.94. The third kappa shape index (κ3) is 3.45. The molecule has 2 unspecified atom stereocenters. The smallest absolute Gasteiger partial charge is 0.320 e. The largest absolute Gasteiger partial charge is 0.496 e. The SMILES string of the molecule is COc1ccccc1C(c1cc2ccccc2s1)N1CCCCC1C(=O)O. The Morgan fingerprint density at radius 2 is 1.96 bits per heavy atom. The molecule has 2 aromatic carbocycles. The number of piperidine rings is 1. The average molecular weight is 381 g/mol. The molecule has 1 aliphatic heterocycles. The van der Waals surface area contributed by atoms with Gasteiger partial charge in [0.2, 0.25) is 0 Å². The molecule has 4 nitrogen and oxygen atoms in total. The molecule has 0 radical (unpaired) electrons. The molecule has 0 aliphatic carbocycles. The highest BCUT2D eigenvalue weighted by Gasteiger charge is 2.36. The number of hydrogen-bond acceptors (Lipinski definition) is 4. The van der Waals surface area contributed by atoms with Crippen LogP contribution in [0, 0.1) is 0 Å². The zero-order valence-electron chi connectivity index (χ0n) is 15.3. The van der Waals surface area contributed by atoms with Gasteiger partial charge in [0.1, 0.15) is 11.8 Å². The number of thiophene rings is 1. The highest BCUT2D eigenvalue weighted by atomic mass is 32.1. The topological polar surface area (TPSA) is 49.8 Å². The quantitative estimate of drug-likeness (QED) is 0.680. The van der Waals surface area contributed by atoms with Crippen molar-refractivity contribution in [3.8, 4) is 5.75 Å². The highest BCUT2D eigenvalue weighted by molar-refractivity contribution is 7.19. The molecule has 4 rings (SSSR count). The number of aliphatic carboxylic acids is 1. The zero-order chi connectivity index (χ0) is 18.8. The van der Waals surface area contributed by atoms with Crippen molar-refractivity contribution < 1.29 is 14.6 Å². The third-order valence-corrected chi connectivity index (χ3v) is 6.48. The maximum atomic E-state index is 12.0. The number of fused-ring (bicyclic) bond motifs is 1. The molecule has 5 heteroatoms. The van der Waals surface area contributed by atoms with E-state index >= 15 is 0 Å². The summed E-state index contributed by atoms with van der Waals surface area (Å²) < 4.78 is 6.86. The van der Waals surface area contributed by atoms with Crippen LogP contribution in [0.1, 0.15) is 35.7 Å². The fourth-order valence-electron chi connectivity index (χ4n) is 4.05. The molecule has 140 valence electrons. The van der Waals surface area contributed by atoms with Crippen LogP contribution >= 0.6 is 11.3 Å². The van der Waals surface area contributed by atoms with Gasteiger partial charge in [-0.15, -0.1) is 11.3 Å². The lowest BCUT2D eigenvalue weighted by Gasteiger charge is -2.39. The second kappa shape index (κ2) is 7.71. The summed E-state index contributed by atoms with van der Waals surface area (Å²) in [6.45, 7) is 0.772. The first-order valence-corrected chi connectivity index (χ1v) is 10.1. The second-order valence-corrected chi connectivity index (χ2v) is 8.03. The first-order valence-electron chi connectivity index (χ1n) is 9.29. The Bertz CT molecular complexity index is 918. The number of ether oxygens (including phenoxy) is 1. The van der Waals surface area contributed by atoms with Crippen molar-refractivity contribution in [3.05, 3.63) is 65.0 Å². The van der Waals surface area contributed by atoms with Crippen LogP contribution in [0.15, 0.2) is 54.6 Å². The summed E-state index contributed by atoms with van der Waals surface area (Å²) in [6, 6.07) is 17.9. The van der Waals surface area contributed by atoms with Crippen molar-refractivity contribution in [2.75, 3.05) is 13.7 Å². The van der Waals surface area contributed by atoms with Crippen molar-refractivity contribution in [3.63, 3.8) is 0 Å². The lowest BCUT2D eigenvalue weighted by Crippen LogP contribution is -2.46. The number of benzene rings is 2. The Morgan fingerprint density at radius 1 is 1.19 bits per heavy atom. The first-order chi connectivity index (χ1) is 13.2. The number of hydrogen-bond donors (Lipinski definition) is 1. The number of carboxylic acids is 1. The van der Waals surface area contributed by atoms with Gasteiger partial charge in [-0.25, -0.2) is 0 Å². The Balaban J connectivity index is 1.87. The summed E-state index contributed by atoms with van der Waals surface area (Å²) in [4.78, 5) is 15.3. The normalized spacial score (nSPS) is 19.1. The van der Waals surface area contributed by atoms with Crippen molar-refractivity contribution in [2.24, 2.45) is 0 Å². The Kier molecular flexibility index (Phi) is 5.14. The first kappa shape index (κ1) is 18.0. The fraction of sp³-hybridized carbons (Fsp3) is 0.318. The van der Waals surface area contributed by atoms with E-state index in [2.05, 4.69) is 29.2 Å². The maximum Gasteiger partial charge on any atom is 0.320 e. The molecule has 1 fully saturated rings. The van der Waals surface area contributed by atoms with Crippen LogP contribution in [-0.4, -0.2) is 35.7 Å². The van der Waals surface area contributed by atoms with E-state index in [1.807, 2.05) is 30.3 Å². The van der Waals surface area contributed by atoms with E-state index in [0.717, 1.165) is 35.6 Å². The monoisotopic (exact) mass is 381 g/mol. The molecule has 2 atom stereocenters. The van der Waals surface area contributed by atoms with Crippen LogP contribution < -0.4 is 4.74 Å². The standard InChI is InChI=1S/C22H23NO3S/c1-26-18-11-4-3-9-16(18)21(23-13-7-6-10-17(23)22(24)25)20-14-15-8-2-5-12-19(15)27-20/h2-5,8-9,11-12,14,17,21H,6-7,10,13H2,1H3,(H,24,25). The van der Waals surface area contributed by atoms with Crippen LogP contribution in [0.2, 0.25) is 0 Å². The Morgan fingerprint density at radius 3 is 2.74 bits per heavy atom. The van der Waals surface area contributed by atoms with Gasteiger partial charge in [0, 0.05) is 15.1 Å². The second-order valence-electron chi connectivity index (χ2n) is 6.92. The third-order valence-electron chi connectivity index (χ3n) is 5.31. The molecule has 0 spiro atoms. The molecule has 0 amide bonds. The molecule has 1 N–H and O–H groups in total. The van der Waals surface area contributed by atoms with Gasteiger partial charge < -0.3 is 9.84 Å². The predicted octanol–water partition coefficient (Wildman–Crippen LogP) is 4.94. The number of nitrogens with zero attached hydrogens (tertiary/aromatic N) is 1. The fourth-order valence-corrected chi connectivity index (χ4v) is 5.26. The van der Waals surface area contributed by atoms with Crippen molar-refractivity contribution in [1.29, 1.82) is 0 Å². The van der Waals surface area contributed by atoms with Crippen LogP contribution in [0.4, 0.5) is 0 Å². The summed E-state index contributed by atoms with van der Waals surface area (Å²) in [5.74, 6) is 0.0605. The van der Waals surface area contributed by atoms with Crippen LogP contribution in [0.5, 0.6) is 5.75 Å². The van der Waals surface area contributed by atoms with E-state index in [1.54, 1.807) is 18.4 Å². The van der Waals surface area contributed by atoms with Gasteiger partial charge in [-0.05, 0) is 43.0 Å². The number of likely N-dealkylation sites (tertiary alicyclic amines) is 1. The van der Waals surface area contributed by atoms with Crippen molar-refractivity contribution >= 4 is 27.4 Å². The number of rotatable bonds is 5. The molecule has 3 aromatic rings. The summed E-state index contributed by atoms with van der Waals surface area (Å²) in [6.07, 6.45) is 2.66. The van der Waals surface area contributed by atoms with Crippen LogP contribution in [0.3, 0.4) is 0 Å². The van der Waals surface area contributed by atoms with Gasteiger partial charge in [-0.2, -0.15) is 0 Å². The van der Waals surface area contributed by atoms with Gasteiger partial charge in [0.05, 0.1) is 13.2 Å². The molecule has 2 heterocycles. The van der Waals surface area contributed by atoms with E-state index in [0.29, 0.717) is 6.42 Å². The van der Waals surface area contributed by atoms with Gasteiger partial charge in [0.25, 0.3) is 0 Å². The minimum absolute atomic E-state index is 0.125. The molecule has 0 saturated carbocycles. The molecule has 1 saturated heterocycles. The van der Waals surface area contributed by atoms with Crippen molar-refractivity contribution in [2.45, 2.75) is 31.3 Å². The van der Waals surface area contributed by atoms with Gasteiger partial charge in [-0.1, -0.05) is 42.8 Å². The van der Waals surface area contributed by atoms with Crippen LogP contribution in [-0.2, 0) is 4.79 Å². The number of carboxylic acid groups (broad SMARTS) is 1. The van der Waals surface area contributed by atoms with E-state index in [9.17, 15) is 9.90 Å². The Labute approximate surface area is 163 Å². The van der Waals surface area contributed by atoms with Gasteiger partial charge in [-0.3, -0.25) is 9.69 Å². The van der Waals surface area contributed by atoms with Crippen LogP contribution in [0.25, 0.3) is 10.1 Å². The highest BCUT2D eigenvalue weighted by Crippen LogP contribution is 2.42. The number of methoxy groups -OCH3 is 1. The average Bonchev–Trinajstić information content (AvgIpc) is 3.12. The minimum Gasteiger partial charge on any atom is -0.496 e. The minimum atomic E-state index is -0.740. The zero-order valence-corrected chi connectivity index (χ0v) is 16.1. The van der Waals surface area contributed by atoms with Gasteiger partial charge in [0.15, 0.2) is 0 Å². The molecular weight excluding hydrogens is 358 g/mol. The molecule has 27 heavy (non-hydrogen) atoms. The van der Waals surface area contributed by atoms with E-state index in [4.69, 9.17) is 4.74 Å². The summed E-state index contributed by atoms with van der Waals surface area (Å²) in [5.41, 5.74) is 1.03. The summed E-state index contributed by atoms with van der Waals surface area (Å²) in [5, 5.41) is 11.0. The molecule has 1 aromatic heterocycles. The maximum absolute atomic E-state index is 12.0.